The Morgan fingerprint density at radius 1 is 0.573 bits per heavy atom. The number of ether oxygens (including phenoxy) is 1. The van der Waals surface area contributed by atoms with Crippen LogP contribution in [0.1, 0.15) is 164 Å². The van der Waals surface area contributed by atoms with E-state index < -0.39 is 183 Å². The minimum atomic E-state index is -2.59. The molecule has 24 heteroatoms. The zero-order valence-electron chi connectivity index (χ0n) is 49.5. The molecule has 1 amide bonds. The normalized spacial score (nSPS) is 28.3. The summed E-state index contributed by atoms with van der Waals surface area (Å²) in [7, 11) is 1.46. The largest absolute Gasteiger partial charge is 0.507 e. The average molecular weight is 1190 g/mol. The fourth-order valence-corrected chi connectivity index (χ4v) is 11.4. The van der Waals surface area contributed by atoms with Gasteiger partial charge in [-0.05, 0) is 69.3 Å². The molecule has 482 valence electrons. The molecular weight excluding hydrogens is 1080 g/mol. The number of Topliss-reactive ketones (excluding diaryl/α,β-unsaturated/α-hetero) is 1. The average Bonchev–Trinajstić information content (AvgIpc) is 3.84. The lowest BCUT2D eigenvalue weighted by molar-refractivity contribution is -0.356. The van der Waals surface area contributed by atoms with E-state index in [1.165, 1.54) is 39.1 Å². The van der Waals surface area contributed by atoms with Gasteiger partial charge >= 0.3 is 0 Å². The SMILES string of the molecule is CCCCCCCCCC[C@@H](O)C[C@]1(O)O[C@H](C[C@H](O)[C@@H](O)[C@H](O)[C@@H](O)[C@@H](O)C[C@@H](O)C[C@@H](O)C[C@@H](O)C[C@@H](O)[C@H](C)[C@@H](O)[C@@H](C)[C@@H](O)C[C@@H](O)[C@H](C)[C@@H](O)[C@H](O)C[C@H](C)C[C@H](C)/C=C(C)/C(O)=C2/C(=O)CN(C)C2=O)[C@@H](O)[C@H](O)[C@@H]1O. The first-order valence-electron chi connectivity index (χ1n) is 29.7. The number of likely N-dealkylation sites (tertiary alicyclic amines) is 1. The van der Waals surface area contributed by atoms with Crippen LogP contribution in [0.5, 0.6) is 0 Å². The van der Waals surface area contributed by atoms with Crippen LogP contribution < -0.4 is 0 Å². The second-order valence-electron chi connectivity index (χ2n) is 24.6. The highest BCUT2D eigenvalue weighted by Gasteiger charge is 2.54. The molecule has 0 saturated carbocycles. The topological polar surface area (TPSA) is 451 Å². The Hall–Kier alpha value is -2.38. The number of carbonyl (C=O) groups is 2. The predicted molar refractivity (Wildman–Crippen MR) is 299 cm³/mol. The van der Waals surface area contributed by atoms with Crippen LogP contribution in [-0.4, -0.2) is 254 Å². The zero-order valence-corrected chi connectivity index (χ0v) is 49.5. The summed E-state index contributed by atoms with van der Waals surface area (Å²) in [4.78, 5) is 25.8. The Bertz CT molecular complexity index is 1920. The minimum Gasteiger partial charge on any atom is -0.507 e. The molecule has 2 heterocycles. The number of allylic oxidation sites excluding steroid dienone is 2. The highest BCUT2D eigenvalue weighted by molar-refractivity contribution is 6.25. The number of aliphatic hydroxyl groups is 20. The molecule has 2 aliphatic rings. The van der Waals surface area contributed by atoms with E-state index in [1.54, 1.807) is 13.0 Å². The number of likely N-dealkylation sites (N-methyl/N-ethyl adjacent to an activating group) is 1. The van der Waals surface area contributed by atoms with Gasteiger partial charge in [0, 0.05) is 44.1 Å². The van der Waals surface area contributed by atoms with Gasteiger partial charge in [-0.1, -0.05) is 99.0 Å². The standard InChI is InChI=1S/C58H107NO23/c1-9-10-11-12-13-14-15-16-17-35(60)27-58(81)56(79)55(78)53(76)46(82-58)26-44(69)52(75)54(77)51(74)43(68)24-38(63)22-36(61)21-37(62)23-39(64)32(5)49(72)33(6)40(65)25-41(66)34(7)50(73)42(67)20-30(3)18-29(2)19-31(4)48(71)47-45(70)28-59(8)57(47)80/h19,29-30,32-44,46,49-56,60-69,71-79,81H,9-18,20-28H2,1-8H3/b31-19+,48-47+/t29-,30+,32-,33-,34-,35+,36-,37+,38-,39+,40-,41+,42+,43-,44-,46+,49+,50+,51-,52+,53+,54+,55-,56-,58-/m0/s1. The van der Waals surface area contributed by atoms with E-state index in [2.05, 4.69) is 6.92 Å². The van der Waals surface area contributed by atoms with E-state index in [0.717, 1.165) is 38.5 Å². The van der Waals surface area contributed by atoms with Crippen molar-refractivity contribution < 1.29 is 116 Å². The van der Waals surface area contributed by atoms with Crippen molar-refractivity contribution in [2.75, 3.05) is 13.6 Å². The van der Waals surface area contributed by atoms with Gasteiger partial charge in [0.1, 0.15) is 48.0 Å². The van der Waals surface area contributed by atoms with Crippen molar-refractivity contribution in [3.8, 4) is 0 Å². The summed E-state index contributed by atoms with van der Waals surface area (Å²) in [6.45, 7) is 11.7. The van der Waals surface area contributed by atoms with Gasteiger partial charge in [-0.15, -0.1) is 0 Å². The Morgan fingerprint density at radius 2 is 1.04 bits per heavy atom. The van der Waals surface area contributed by atoms with Crippen LogP contribution in [0.3, 0.4) is 0 Å². The maximum atomic E-state index is 12.3. The number of unbranched alkanes of at least 4 members (excludes halogenated alkanes) is 7. The third-order valence-corrected chi connectivity index (χ3v) is 17.0. The summed E-state index contributed by atoms with van der Waals surface area (Å²) >= 11 is 0. The quantitative estimate of drug-likeness (QED) is 0.0145. The maximum absolute atomic E-state index is 12.3. The predicted octanol–water partition coefficient (Wildman–Crippen LogP) is -1.41. The molecule has 0 aliphatic carbocycles. The number of ketones is 1. The van der Waals surface area contributed by atoms with E-state index >= 15 is 0 Å². The molecule has 0 aromatic rings. The number of nitrogens with zero attached hydrogens (tertiary/aromatic N) is 1. The number of carbonyl (C=O) groups excluding carboxylic acids is 2. The van der Waals surface area contributed by atoms with E-state index in [1.807, 2.05) is 13.8 Å². The summed E-state index contributed by atoms with van der Waals surface area (Å²) in [6, 6.07) is 0. The highest BCUT2D eigenvalue weighted by Crippen LogP contribution is 2.36. The molecule has 20 N–H and O–H groups in total. The molecule has 24 nitrogen and oxygen atoms in total. The van der Waals surface area contributed by atoms with Crippen molar-refractivity contribution >= 4 is 11.7 Å². The smallest absolute Gasteiger partial charge is 0.261 e. The molecule has 2 aliphatic heterocycles. The molecule has 82 heavy (non-hydrogen) atoms. The van der Waals surface area contributed by atoms with Crippen molar-refractivity contribution in [2.45, 2.75) is 286 Å². The lowest BCUT2D eigenvalue weighted by atomic mass is 9.80. The van der Waals surface area contributed by atoms with E-state index in [4.69, 9.17) is 4.74 Å². The number of hydrogen-bond donors (Lipinski definition) is 20. The van der Waals surface area contributed by atoms with Crippen molar-refractivity contribution in [2.24, 2.45) is 29.6 Å². The molecule has 0 unspecified atom stereocenters. The van der Waals surface area contributed by atoms with Crippen molar-refractivity contribution in [1.82, 2.24) is 4.90 Å². The van der Waals surface area contributed by atoms with Crippen LogP contribution in [0.25, 0.3) is 0 Å². The summed E-state index contributed by atoms with van der Waals surface area (Å²) in [5.41, 5.74) is 0.0812. The van der Waals surface area contributed by atoms with E-state index in [0.29, 0.717) is 18.4 Å². The van der Waals surface area contributed by atoms with Crippen molar-refractivity contribution in [3.05, 3.63) is 23.0 Å². The summed E-state index contributed by atoms with van der Waals surface area (Å²) in [5, 5.41) is 216. The van der Waals surface area contributed by atoms with Crippen LogP contribution in [0.2, 0.25) is 0 Å². The summed E-state index contributed by atoms with van der Waals surface area (Å²) in [6.07, 6.45) is -25.5. The molecule has 2 saturated heterocycles. The molecule has 0 aromatic heterocycles. The molecule has 25 atom stereocenters. The minimum absolute atomic E-state index is 0.120. The molecule has 2 rings (SSSR count). The van der Waals surface area contributed by atoms with Crippen molar-refractivity contribution in [3.63, 3.8) is 0 Å². The number of aliphatic hydroxyl groups excluding tert-OH is 19. The Morgan fingerprint density at radius 3 is 1.56 bits per heavy atom. The highest BCUT2D eigenvalue weighted by atomic mass is 16.7. The second kappa shape index (κ2) is 36.1. The van der Waals surface area contributed by atoms with Crippen molar-refractivity contribution in [1.29, 1.82) is 0 Å². The fourth-order valence-electron chi connectivity index (χ4n) is 11.4. The van der Waals surface area contributed by atoms with Gasteiger partial charge in [0.05, 0.1) is 85.9 Å². The van der Waals surface area contributed by atoms with Crippen LogP contribution in [-0.2, 0) is 14.3 Å². The third-order valence-electron chi connectivity index (χ3n) is 17.0. The Labute approximate surface area is 483 Å². The van der Waals surface area contributed by atoms with Crippen LogP contribution in [0.4, 0.5) is 0 Å². The third kappa shape index (κ3) is 23.4. The van der Waals surface area contributed by atoms with Crippen LogP contribution in [0, 0.1) is 29.6 Å². The molecule has 2 fully saturated rings. The first kappa shape index (κ1) is 75.7. The maximum Gasteiger partial charge on any atom is 0.261 e. The van der Waals surface area contributed by atoms with Gasteiger partial charge in [-0.3, -0.25) is 9.59 Å². The number of hydrogen-bond acceptors (Lipinski definition) is 23. The summed E-state index contributed by atoms with van der Waals surface area (Å²) in [5.74, 6) is -7.23. The molecular formula is C58H107NO23. The van der Waals surface area contributed by atoms with E-state index in [9.17, 15) is 112 Å². The molecule has 0 radical (unpaired) electrons. The van der Waals surface area contributed by atoms with Gasteiger partial charge in [-0.2, -0.15) is 0 Å². The van der Waals surface area contributed by atoms with Gasteiger partial charge in [0.25, 0.3) is 5.91 Å². The van der Waals surface area contributed by atoms with Gasteiger partial charge in [0.2, 0.25) is 0 Å². The van der Waals surface area contributed by atoms with Gasteiger partial charge in [-0.25, -0.2) is 0 Å². The molecule has 0 spiro atoms. The molecule has 0 bridgehead atoms. The first-order valence-corrected chi connectivity index (χ1v) is 29.7. The lowest BCUT2D eigenvalue weighted by Crippen LogP contribution is -2.65. The fraction of sp³-hybridized carbons (Fsp3) is 0.897. The molecule has 0 aromatic carbocycles. The monoisotopic (exact) mass is 1190 g/mol. The van der Waals surface area contributed by atoms with Gasteiger partial charge in [0.15, 0.2) is 11.6 Å². The summed E-state index contributed by atoms with van der Waals surface area (Å²) < 4.78 is 5.50. The van der Waals surface area contributed by atoms with E-state index in [-0.39, 0.29) is 55.4 Å². The van der Waals surface area contributed by atoms with Crippen LogP contribution in [0.15, 0.2) is 23.0 Å². The first-order chi connectivity index (χ1) is 38.1. The van der Waals surface area contributed by atoms with Crippen LogP contribution >= 0.6 is 0 Å². The second-order valence-corrected chi connectivity index (χ2v) is 24.6. The number of rotatable bonds is 40. The Balaban J connectivity index is 1.83. The zero-order chi connectivity index (χ0) is 62.7. The number of amides is 1. The Kier molecular flexibility index (Phi) is 33.3. The lowest BCUT2D eigenvalue weighted by Gasteiger charge is -2.47. The van der Waals surface area contributed by atoms with Gasteiger partial charge < -0.3 is 112 Å².